The Morgan fingerprint density at radius 1 is 1.25 bits per heavy atom. The van der Waals surface area contributed by atoms with Gasteiger partial charge in [-0.2, -0.15) is 0 Å². The Balaban J connectivity index is 1.89. The van der Waals surface area contributed by atoms with Crippen LogP contribution in [0.4, 0.5) is 0 Å². The predicted octanol–water partition coefficient (Wildman–Crippen LogP) is 4.33. The van der Waals surface area contributed by atoms with Crippen LogP contribution < -0.4 is 0 Å². The van der Waals surface area contributed by atoms with Crippen LogP contribution >= 0.6 is 23.2 Å². The van der Waals surface area contributed by atoms with Gasteiger partial charge >= 0.3 is 11.9 Å². The van der Waals surface area contributed by atoms with Crippen LogP contribution in [0.3, 0.4) is 0 Å². The number of rotatable bonds is 9. The molecular formula is C23H29Cl2N3O4. The zero-order valence-electron chi connectivity index (χ0n) is 18.8. The Hall–Kier alpha value is -2.09. The highest BCUT2D eigenvalue weighted by Gasteiger charge is 2.46. The normalized spacial score (nSPS) is 19.9. The van der Waals surface area contributed by atoms with Crippen LogP contribution in [0.5, 0.6) is 0 Å². The molecule has 1 fully saturated rings. The van der Waals surface area contributed by atoms with Crippen LogP contribution in [0.2, 0.25) is 10.0 Å². The molecule has 32 heavy (non-hydrogen) atoms. The van der Waals surface area contributed by atoms with Crippen molar-refractivity contribution in [2.45, 2.75) is 65.4 Å². The van der Waals surface area contributed by atoms with Crippen molar-refractivity contribution in [1.29, 1.82) is 0 Å². The lowest BCUT2D eigenvalue weighted by Gasteiger charge is -2.32. The number of imidazole rings is 1. The van der Waals surface area contributed by atoms with E-state index in [9.17, 15) is 9.59 Å². The Morgan fingerprint density at radius 2 is 1.94 bits per heavy atom. The van der Waals surface area contributed by atoms with Gasteiger partial charge < -0.3 is 14.0 Å². The number of aromatic nitrogens is 2. The van der Waals surface area contributed by atoms with Crippen molar-refractivity contribution in [1.82, 2.24) is 14.5 Å². The van der Waals surface area contributed by atoms with E-state index in [-0.39, 0.29) is 24.5 Å². The second kappa shape index (κ2) is 10.7. The van der Waals surface area contributed by atoms with Gasteiger partial charge in [-0.1, -0.05) is 37.0 Å². The standard InChI is InChI=1S/C23H29Cl2N3O4/c1-5-31-22(29)21(28-15(4)32-23(30)20(28)6-14(2)3)10-19-11-26-13-27(19)12-16-7-17(24)9-18(25)8-16/h7-9,11,13-15,20-21H,5-6,10,12H2,1-4H3. The van der Waals surface area contributed by atoms with Crippen molar-refractivity contribution < 1.29 is 19.1 Å². The first-order chi connectivity index (χ1) is 15.2. The molecule has 0 spiro atoms. The summed E-state index contributed by atoms with van der Waals surface area (Å²) in [5, 5.41) is 1.10. The number of esters is 2. The van der Waals surface area contributed by atoms with Gasteiger partial charge in [-0.15, -0.1) is 0 Å². The van der Waals surface area contributed by atoms with Crippen molar-refractivity contribution in [3.05, 3.63) is 52.0 Å². The first-order valence-corrected chi connectivity index (χ1v) is 11.5. The van der Waals surface area contributed by atoms with E-state index in [1.165, 1.54) is 0 Å². The van der Waals surface area contributed by atoms with E-state index < -0.39 is 18.3 Å². The maximum absolute atomic E-state index is 13.0. The van der Waals surface area contributed by atoms with E-state index in [1.54, 1.807) is 32.4 Å². The Kier molecular flexibility index (Phi) is 8.20. The van der Waals surface area contributed by atoms with E-state index in [0.29, 0.717) is 29.4 Å². The fourth-order valence-electron chi connectivity index (χ4n) is 4.12. The number of benzene rings is 1. The minimum atomic E-state index is -0.682. The van der Waals surface area contributed by atoms with Gasteiger partial charge in [-0.05, 0) is 49.9 Å². The summed E-state index contributed by atoms with van der Waals surface area (Å²) in [5.41, 5.74) is 1.74. The average molecular weight is 482 g/mol. The molecule has 0 amide bonds. The zero-order chi connectivity index (χ0) is 23.4. The maximum atomic E-state index is 13.0. The van der Waals surface area contributed by atoms with Crippen molar-refractivity contribution in [2.75, 3.05) is 6.61 Å². The molecule has 2 aromatic rings. The van der Waals surface area contributed by atoms with Crippen molar-refractivity contribution in [3.8, 4) is 0 Å². The van der Waals surface area contributed by atoms with Gasteiger partial charge in [0.15, 0.2) is 6.23 Å². The second-order valence-electron chi connectivity index (χ2n) is 8.39. The number of carbonyl (C=O) groups is 2. The molecule has 0 radical (unpaired) electrons. The molecule has 0 aliphatic carbocycles. The summed E-state index contributed by atoms with van der Waals surface area (Å²) < 4.78 is 12.8. The van der Waals surface area contributed by atoms with Crippen molar-refractivity contribution >= 4 is 35.1 Å². The van der Waals surface area contributed by atoms with Gasteiger partial charge in [0.25, 0.3) is 0 Å². The summed E-state index contributed by atoms with van der Waals surface area (Å²) in [5.74, 6) is -0.422. The van der Waals surface area contributed by atoms with Crippen LogP contribution in [0, 0.1) is 5.92 Å². The molecule has 1 saturated heterocycles. The molecule has 1 aromatic heterocycles. The molecule has 2 heterocycles. The molecule has 7 nitrogen and oxygen atoms in total. The van der Waals surface area contributed by atoms with Crippen molar-refractivity contribution in [2.24, 2.45) is 5.92 Å². The molecule has 0 saturated carbocycles. The van der Waals surface area contributed by atoms with E-state index >= 15 is 0 Å². The average Bonchev–Trinajstić information content (AvgIpc) is 3.22. The maximum Gasteiger partial charge on any atom is 0.325 e. The molecule has 0 N–H and O–H groups in total. The lowest BCUT2D eigenvalue weighted by Crippen LogP contribution is -2.51. The number of hydrogen-bond acceptors (Lipinski definition) is 6. The van der Waals surface area contributed by atoms with Gasteiger partial charge in [-0.3, -0.25) is 9.59 Å². The number of ether oxygens (including phenoxy) is 2. The predicted molar refractivity (Wildman–Crippen MR) is 123 cm³/mol. The Bertz CT molecular complexity index is 942. The molecular weight excluding hydrogens is 453 g/mol. The van der Waals surface area contributed by atoms with Crippen LogP contribution in [0.15, 0.2) is 30.7 Å². The molecule has 3 atom stereocenters. The third kappa shape index (κ3) is 5.82. The minimum absolute atomic E-state index is 0.251. The lowest BCUT2D eigenvalue weighted by atomic mass is 10.00. The number of halogens is 2. The molecule has 1 aliphatic rings. The van der Waals surface area contributed by atoms with E-state index in [4.69, 9.17) is 32.7 Å². The summed E-state index contributed by atoms with van der Waals surface area (Å²) in [6.45, 7) is 8.38. The Morgan fingerprint density at radius 3 is 2.56 bits per heavy atom. The van der Waals surface area contributed by atoms with E-state index in [0.717, 1.165) is 11.3 Å². The van der Waals surface area contributed by atoms with Crippen LogP contribution in [-0.4, -0.2) is 51.3 Å². The largest absolute Gasteiger partial charge is 0.465 e. The summed E-state index contributed by atoms with van der Waals surface area (Å²) >= 11 is 12.3. The van der Waals surface area contributed by atoms with Gasteiger partial charge in [0.05, 0.1) is 12.9 Å². The summed E-state index contributed by atoms with van der Waals surface area (Å²) in [6.07, 6.45) is 3.82. The number of hydrogen-bond donors (Lipinski definition) is 0. The van der Waals surface area contributed by atoms with Crippen LogP contribution in [0.1, 0.15) is 45.4 Å². The SMILES string of the molecule is CCOC(=O)C(Cc1cncn1Cc1cc(Cl)cc(Cl)c1)N1C(C)OC(=O)C1CC(C)C. The first kappa shape index (κ1) is 24.6. The lowest BCUT2D eigenvalue weighted by molar-refractivity contribution is -0.153. The third-order valence-electron chi connectivity index (χ3n) is 5.43. The monoisotopic (exact) mass is 481 g/mol. The quantitative estimate of drug-likeness (QED) is 0.496. The fourth-order valence-corrected chi connectivity index (χ4v) is 4.70. The second-order valence-corrected chi connectivity index (χ2v) is 9.26. The van der Waals surface area contributed by atoms with E-state index in [2.05, 4.69) is 4.98 Å². The highest BCUT2D eigenvalue weighted by Crippen LogP contribution is 2.29. The summed E-state index contributed by atoms with van der Waals surface area (Å²) in [4.78, 5) is 31.7. The molecule has 3 unspecified atom stereocenters. The number of cyclic esters (lactones) is 1. The molecule has 9 heteroatoms. The highest BCUT2D eigenvalue weighted by molar-refractivity contribution is 6.34. The summed E-state index contributed by atoms with van der Waals surface area (Å²) in [6, 6.07) is 4.18. The van der Waals surface area contributed by atoms with Crippen molar-refractivity contribution in [3.63, 3.8) is 0 Å². The topological polar surface area (TPSA) is 73.7 Å². The van der Waals surface area contributed by atoms with Gasteiger partial charge in [0, 0.05) is 34.9 Å². The first-order valence-electron chi connectivity index (χ1n) is 10.8. The molecule has 3 rings (SSSR count). The number of nitrogens with zero attached hydrogens (tertiary/aromatic N) is 3. The van der Waals surface area contributed by atoms with Gasteiger partial charge in [0.2, 0.25) is 0 Å². The molecule has 1 aliphatic heterocycles. The summed E-state index contributed by atoms with van der Waals surface area (Å²) in [7, 11) is 0. The van der Waals surface area contributed by atoms with Crippen LogP contribution in [-0.2, 0) is 32.0 Å². The molecule has 174 valence electrons. The molecule has 0 bridgehead atoms. The third-order valence-corrected chi connectivity index (χ3v) is 5.86. The van der Waals surface area contributed by atoms with Gasteiger partial charge in [-0.25, -0.2) is 9.88 Å². The smallest absolute Gasteiger partial charge is 0.325 e. The Labute approximate surface area is 198 Å². The van der Waals surface area contributed by atoms with E-state index in [1.807, 2.05) is 35.4 Å². The number of carbonyl (C=O) groups excluding carboxylic acids is 2. The zero-order valence-corrected chi connectivity index (χ0v) is 20.3. The van der Waals surface area contributed by atoms with Gasteiger partial charge in [0.1, 0.15) is 12.1 Å². The minimum Gasteiger partial charge on any atom is -0.465 e. The molecule has 1 aromatic carbocycles. The highest BCUT2D eigenvalue weighted by atomic mass is 35.5. The van der Waals surface area contributed by atoms with Crippen LogP contribution in [0.25, 0.3) is 0 Å². The fraction of sp³-hybridized carbons (Fsp3) is 0.522.